The molecule has 28 heavy (non-hydrogen) atoms. The van der Waals surface area contributed by atoms with Crippen LogP contribution >= 0.6 is 22.9 Å². The number of benzene rings is 2. The van der Waals surface area contributed by atoms with Crippen molar-refractivity contribution in [1.82, 2.24) is 10.2 Å². The van der Waals surface area contributed by atoms with Crippen LogP contribution in [-0.2, 0) is 0 Å². The molecule has 0 unspecified atom stereocenters. The van der Waals surface area contributed by atoms with Gasteiger partial charge in [-0.05, 0) is 36.8 Å². The lowest BCUT2D eigenvalue weighted by atomic mass is 9.98. The number of aromatic nitrogens is 2. The van der Waals surface area contributed by atoms with Gasteiger partial charge in [0.25, 0.3) is 5.91 Å². The predicted molar refractivity (Wildman–Crippen MR) is 107 cm³/mol. The molecule has 1 aliphatic heterocycles. The molecule has 0 radical (unpaired) electrons. The van der Waals surface area contributed by atoms with Crippen molar-refractivity contribution >= 4 is 44.9 Å². The second kappa shape index (κ2) is 6.25. The van der Waals surface area contributed by atoms with Crippen molar-refractivity contribution in [1.29, 1.82) is 0 Å². The van der Waals surface area contributed by atoms with Crippen LogP contribution in [0.3, 0.4) is 0 Å². The van der Waals surface area contributed by atoms with Crippen molar-refractivity contribution < 1.29 is 9.21 Å². The molecule has 3 heterocycles. The molecule has 138 valence electrons. The van der Waals surface area contributed by atoms with Crippen molar-refractivity contribution in [2.45, 2.75) is 13.0 Å². The number of halogens is 1. The summed E-state index contributed by atoms with van der Waals surface area (Å²) in [5.74, 6) is -0.372. The van der Waals surface area contributed by atoms with Gasteiger partial charge in [0.1, 0.15) is 11.1 Å². The van der Waals surface area contributed by atoms with E-state index in [9.17, 15) is 9.59 Å². The van der Waals surface area contributed by atoms with Gasteiger partial charge < -0.3 is 4.42 Å². The largest absolute Gasteiger partial charge is 0.450 e. The van der Waals surface area contributed by atoms with Crippen LogP contribution in [0.25, 0.3) is 11.0 Å². The van der Waals surface area contributed by atoms with E-state index in [2.05, 4.69) is 10.2 Å². The van der Waals surface area contributed by atoms with Crippen LogP contribution in [0.5, 0.6) is 0 Å². The molecule has 0 aliphatic carbocycles. The number of anilines is 1. The highest BCUT2D eigenvalue weighted by atomic mass is 35.5. The Hall–Kier alpha value is -3.03. The first kappa shape index (κ1) is 17.1. The lowest BCUT2D eigenvalue weighted by Gasteiger charge is -2.22. The summed E-state index contributed by atoms with van der Waals surface area (Å²) in [5, 5.41) is 9.30. The quantitative estimate of drug-likeness (QED) is 0.491. The van der Waals surface area contributed by atoms with Crippen LogP contribution in [0.1, 0.15) is 33.3 Å². The van der Waals surface area contributed by atoms with E-state index in [1.807, 2.05) is 13.0 Å². The number of nitrogens with zero attached hydrogens (tertiary/aromatic N) is 3. The Morgan fingerprint density at radius 3 is 2.64 bits per heavy atom. The molecular weight excluding hydrogens is 398 g/mol. The van der Waals surface area contributed by atoms with Crippen LogP contribution in [0.15, 0.2) is 57.2 Å². The number of aryl methyl sites for hydroxylation is 1. The minimum atomic E-state index is -0.658. The van der Waals surface area contributed by atoms with E-state index in [0.717, 1.165) is 11.1 Å². The summed E-state index contributed by atoms with van der Waals surface area (Å²) in [6.07, 6.45) is 0. The molecule has 0 fully saturated rings. The van der Waals surface area contributed by atoms with E-state index >= 15 is 0 Å². The number of hydrogen-bond donors (Lipinski definition) is 0. The Bertz CT molecular complexity index is 1280. The van der Waals surface area contributed by atoms with Crippen molar-refractivity contribution in [3.05, 3.63) is 85.7 Å². The molecule has 0 N–H and O–H groups in total. The monoisotopic (exact) mass is 409 g/mol. The van der Waals surface area contributed by atoms with Crippen molar-refractivity contribution in [2.24, 2.45) is 0 Å². The zero-order chi connectivity index (χ0) is 19.4. The Kier molecular flexibility index (Phi) is 3.82. The smallest absolute Gasteiger partial charge is 0.297 e. The molecule has 0 spiro atoms. The molecule has 6 nitrogen and oxygen atoms in total. The second-order valence-corrected chi connectivity index (χ2v) is 7.77. The first-order valence-corrected chi connectivity index (χ1v) is 9.73. The summed E-state index contributed by atoms with van der Waals surface area (Å²) in [6.45, 7) is 1.90. The lowest BCUT2D eigenvalue weighted by Crippen LogP contribution is -2.29. The van der Waals surface area contributed by atoms with E-state index in [1.165, 1.54) is 16.2 Å². The highest BCUT2D eigenvalue weighted by molar-refractivity contribution is 7.13. The second-order valence-electron chi connectivity index (χ2n) is 6.52. The van der Waals surface area contributed by atoms with Gasteiger partial charge in [-0.1, -0.05) is 46.7 Å². The SMILES string of the molecule is Cc1ccc2oc3c(c(=O)c2c1)[C@H](c1ccc(Cl)cc1)N(c1nncs1)C3=O. The van der Waals surface area contributed by atoms with Gasteiger partial charge in [-0.3, -0.25) is 14.5 Å². The summed E-state index contributed by atoms with van der Waals surface area (Å²) in [4.78, 5) is 28.1. The average molecular weight is 410 g/mol. The summed E-state index contributed by atoms with van der Waals surface area (Å²) in [7, 11) is 0. The maximum absolute atomic E-state index is 13.4. The van der Waals surface area contributed by atoms with Gasteiger partial charge in [0, 0.05) is 5.02 Å². The number of carbonyl (C=O) groups excluding carboxylic acids is 1. The Labute approximate surface area is 168 Å². The fourth-order valence-corrected chi connectivity index (χ4v) is 4.23. The molecule has 2 aromatic carbocycles. The first-order chi connectivity index (χ1) is 13.5. The van der Waals surface area contributed by atoms with Crippen LogP contribution in [-0.4, -0.2) is 16.1 Å². The third-order valence-corrected chi connectivity index (χ3v) is 5.71. The molecule has 4 aromatic rings. The van der Waals surface area contributed by atoms with Crippen LogP contribution < -0.4 is 10.3 Å². The third kappa shape index (κ3) is 2.47. The minimum Gasteiger partial charge on any atom is -0.450 e. The zero-order valence-corrected chi connectivity index (χ0v) is 16.1. The van der Waals surface area contributed by atoms with E-state index in [4.69, 9.17) is 16.0 Å². The fraction of sp³-hybridized carbons (Fsp3) is 0.100. The number of carbonyl (C=O) groups is 1. The normalized spacial score (nSPS) is 16.0. The van der Waals surface area contributed by atoms with E-state index in [0.29, 0.717) is 26.7 Å². The van der Waals surface area contributed by atoms with Gasteiger partial charge in [-0.2, -0.15) is 0 Å². The molecule has 1 amide bonds. The molecule has 0 bridgehead atoms. The third-order valence-electron chi connectivity index (χ3n) is 4.77. The van der Waals surface area contributed by atoms with Crippen molar-refractivity contribution in [3.8, 4) is 0 Å². The fourth-order valence-electron chi connectivity index (χ4n) is 3.52. The Balaban J connectivity index is 1.83. The molecule has 1 atom stereocenters. The van der Waals surface area contributed by atoms with Crippen LogP contribution in [0, 0.1) is 6.92 Å². The van der Waals surface area contributed by atoms with Crippen LogP contribution in [0.4, 0.5) is 5.13 Å². The summed E-state index contributed by atoms with van der Waals surface area (Å²) in [6, 6.07) is 11.7. The van der Waals surface area contributed by atoms with Crippen molar-refractivity contribution in [3.63, 3.8) is 0 Å². The lowest BCUT2D eigenvalue weighted by molar-refractivity contribution is 0.0970. The number of amides is 1. The van der Waals surface area contributed by atoms with Crippen LogP contribution in [0.2, 0.25) is 5.02 Å². The standard InChI is InChI=1S/C20H12ClN3O3S/c1-10-2-7-14-13(8-10)17(25)15-16(11-3-5-12(21)6-4-11)24(19(26)18(15)27-14)20-23-22-9-28-20/h2-9,16H,1H3/t16-/m0/s1. The molecule has 5 rings (SSSR count). The average Bonchev–Trinajstić information content (AvgIpc) is 3.30. The van der Waals surface area contributed by atoms with Gasteiger partial charge in [0.15, 0.2) is 5.43 Å². The highest BCUT2D eigenvalue weighted by Gasteiger charge is 2.44. The number of fused-ring (bicyclic) bond motifs is 2. The topological polar surface area (TPSA) is 76.3 Å². The maximum Gasteiger partial charge on any atom is 0.297 e. The molecular formula is C20H12ClN3O3S. The summed E-state index contributed by atoms with van der Waals surface area (Å²) < 4.78 is 5.90. The van der Waals surface area contributed by atoms with Gasteiger partial charge in [-0.25, -0.2) is 0 Å². The van der Waals surface area contributed by atoms with Gasteiger partial charge in [0.05, 0.1) is 17.0 Å². The summed E-state index contributed by atoms with van der Waals surface area (Å²) >= 11 is 7.25. The van der Waals surface area contributed by atoms with Gasteiger partial charge in [0.2, 0.25) is 10.9 Å². The minimum absolute atomic E-state index is 0.0384. The van der Waals surface area contributed by atoms with E-state index in [-0.39, 0.29) is 11.2 Å². The van der Waals surface area contributed by atoms with E-state index < -0.39 is 11.9 Å². The molecule has 0 saturated carbocycles. The molecule has 0 saturated heterocycles. The first-order valence-electron chi connectivity index (χ1n) is 8.47. The van der Waals surface area contributed by atoms with Crippen molar-refractivity contribution in [2.75, 3.05) is 4.90 Å². The number of rotatable bonds is 2. The molecule has 1 aliphatic rings. The molecule has 2 aromatic heterocycles. The predicted octanol–water partition coefficient (Wildman–Crippen LogP) is 4.36. The Morgan fingerprint density at radius 1 is 1.14 bits per heavy atom. The molecule has 8 heteroatoms. The van der Waals surface area contributed by atoms with Gasteiger partial charge in [-0.15, -0.1) is 10.2 Å². The Morgan fingerprint density at radius 2 is 1.93 bits per heavy atom. The van der Waals surface area contributed by atoms with E-state index in [1.54, 1.807) is 41.9 Å². The number of hydrogen-bond acceptors (Lipinski definition) is 6. The maximum atomic E-state index is 13.4. The summed E-state index contributed by atoms with van der Waals surface area (Å²) in [5.41, 5.74) is 3.69. The van der Waals surface area contributed by atoms with Gasteiger partial charge >= 0.3 is 0 Å². The zero-order valence-electron chi connectivity index (χ0n) is 14.5. The highest BCUT2D eigenvalue weighted by Crippen LogP contribution is 2.41.